The summed E-state index contributed by atoms with van der Waals surface area (Å²) in [5.74, 6) is -1.29. The smallest absolute Gasteiger partial charge is 0.240 e. The number of amides is 1. The van der Waals surface area contributed by atoms with Gasteiger partial charge < -0.3 is 4.74 Å². The average molecular weight is 456 g/mol. The number of benzene rings is 2. The fraction of sp³-hybridized carbons (Fsp3) is 0.462. The summed E-state index contributed by atoms with van der Waals surface area (Å²) in [6, 6.07) is 13.6. The molecule has 0 bridgehead atoms. The monoisotopic (exact) mass is 455 g/mol. The summed E-state index contributed by atoms with van der Waals surface area (Å²) in [7, 11) is 1.73. The first kappa shape index (κ1) is 23.5. The average Bonchev–Trinajstić information content (AvgIpc) is 3.42. The zero-order valence-corrected chi connectivity index (χ0v) is 19.3. The van der Waals surface area contributed by atoms with Crippen molar-refractivity contribution in [2.75, 3.05) is 26.8 Å². The summed E-state index contributed by atoms with van der Waals surface area (Å²) in [5, 5.41) is 6.03. The largest absolute Gasteiger partial charge is 0.383 e. The van der Waals surface area contributed by atoms with Crippen molar-refractivity contribution < 1.29 is 18.3 Å². The van der Waals surface area contributed by atoms with E-state index in [-0.39, 0.29) is 11.5 Å². The van der Waals surface area contributed by atoms with Gasteiger partial charge in [0.15, 0.2) is 0 Å². The van der Waals surface area contributed by atoms with Gasteiger partial charge >= 0.3 is 0 Å². The summed E-state index contributed by atoms with van der Waals surface area (Å²) in [5.41, 5.74) is 0.714. The second-order valence-corrected chi connectivity index (χ2v) is 8.97. The number of carbonyl (C=O) groups is 1. The van der Waals surface area contributed by atoms with E-state index in [9.17, 15) is 13.6 Å². The summed E-state index contributed by atoms with van der Waals surface area (Å²) in [6.07, 6.45) is 4.12. The Morgan fingerprint density at radius 3 is 2.73 bits per heavy atom. The Morgan fingerprint density at radius 2 is 2.00 bits per heavy atom. The zero-order chi connectivity index (χ0) is 23.4. The Kier molecular flexibility index (Phi) is 7.20. The summed E-state index contributed by atoms with van der Waals surface area (Å²) in [4.78, 5) is 15.2. The Morgan fingerprint density at radius 1 is 1.21 bits per heavy atom. The number of ether oxygens (including phenoxy) is 1. The molecule has 176 valence electrons. The van der Waals surface area contributed by atoms with E-state index in [0.29, 0.717) is 24.6 Å². The fourth-order valence-corrected chi connectivity index (χ4v) is 5.30. The van der Waals surface area contributed by atoms with Gasteiger partial charge in [0.2, 0.25) is 5.91 Å². The molecule has 1 amide bonds. The lowest BCUT2D eigenvalue weighted by molar-refractivity contribution is -0.135. The van der Waals surface area contributed by atoms with Crippen molar-refractivity contribution in [3.05, 3.63) is 71.3 Å². The molecule has 0 aliphatic carbocycles. The van der Waals surface area contributed by atoms with Crippen molar-refractivity contribution in [2.24, 2.45) is 5.10 Å². The first-order valence-electron chi connectivity index (χ1n) is 11.6. The number of nitrogens with zero attached hydrogens (tertiary/aromatic N) is 3. The van der Waals surface area contributed by atoms with E-state index in [1.807, 2.05) is 30.3 Å². The highest BCUT2D eigenvalue weighted by atomic mass is 19.1. The molecule has 4 rings (SSSR count). The van der Waals surface area contributed by atoms with Crippen molar-refractivity contribution in [3.8, 4) is 0 Å². The molecule has 2 aromatic carbocycles. The van der Waals surface area contributed by atoms with Crippen molar-refractivity contribution in [2.45, 2.75) is 50.6 Å². The van der Waals surface area contributed by atoms with Crippen LogP contribution in [-0.2, 0) is 15.1 Å². The maximum atomic E-state index is 14.6. The lowest BCUT2D eigenvalue weighted by atomic mass is 9.80. The zero-order valence-electron chi connectivity index (χ0n) is 19.3. The van der Waals surface area contributed by atoms with Crippen molar-refractivity contribution in [3.63, 3.8) is 0 Å². The van der Waals surface area contributed by atoms with Crippen molar-refractivity contribution in [1.82, 2.24) is 9.91 Å². The van der Waals surface area contributed by atoms with Gasteiger partial charge in [-0.3, -0.25) is 9.69 Å². The van der Waals surface area contributed by atoms with Crippen LogP contribution in [0.3, 0.4) is 0 Å². The first-order chi connectivity index (χ1) is 15.9. The lowest BCUT2D eigenvalue weighted by Crippen LogP contribution is -2.43. The minimum absolute atomic E-state index is 0.110. The lowest BCUT2D eigenvalue weighted by Gasteiger charge is -2.37. The van der Waals surface area contributed by atoms with E-state index in [2.05, 4.69) is 10.0 Å². The molecule has 2 aromatic rings. The molecule has 0 N–H and O–H groups in total. The summed E-state index contributed by atoms with van der Waals surface area (Å²) < 4.78 is 33.9. The van der Waals surface area contributed by atoms with Crippen LogP contribution in [-0.4, -0.2) is 54.4 Å². The van der Waals surface area contributed by atoms with E-state index in [1.165, 1.54) is 11.9 Å². The fourth-order valence-electron chi connectivity index (χ4n) is 5.30. The number of hydrogen-bond donors (Lipinski definition) is 0. The van der Waals surface area contributed by atoms with Crippen LogP contribution >= 0.6 is 0 Å². The van der Waals surface area contributed by atoms with Crippen LogP contribution in [0.5, 0.6) is 0 Å². The van der Waals surface area contributed by atoms with E-state index >= 15 is 0 Å². The van der Waals surface area contributed by atoms with Crippen molar-refractivity contribution in [1.29, 1.82) is 0 Å². The number of halogens is 2. The highest BCUT2D eigenvalue weighted by Crippen LogP contribution is 2.43. The molecule has 0 spiro atoms. The van der Waals surface area contributed by atoms with Crippen LogP contribution < -0.4 is 0 Å². The molecule has 0 unspecified atom stereocenters. The standard InChI is InChI=1S/C26H31F2N3O2/c1-19(32)31-26(20-8-4-3-5-9-20,13-7-15-30-14-6-10-22(30)18-33-2)17-25(29-31)23-16-21(27)11-12-24(23)28/h3-5,8-9,11-12,16,22H,6-7,10,13-15,17-18H2,1-2H3/t22-,26+/m1/s1. The molecule has 2 aliphatic heterocycles. The Hall–Kier alpha value is -2.64. The maximum absolute atomic E-state index is 14.6. The predicted molar refractivity (Wildman–Crippen MR) is 124 cm³/mol. The molecule has 33 heavy (non-hydrogen) atoms. The molecule has 1 saturated heterocycles. The van der Waals surface area contributed by atoms with Crippen LogP contribution in [0.2, 0.25) is 0 Å². The number of carbonyl (C=O) groups excluding carboxylic acids is 1. The van der Waals surface area contributed by atoms with E-state index < -0.39 is 17.2 Å². The van der Waals surface area contributed by atoms with Gasteiger partial charge in [-0.25, -0.2) is 13.8 Å². The number of methoxy groups -OCH3 is 1. The van der Waals surface area contributed by atoms with E-state index in [1.54, 1.807) is 7.11 Å². The van der Waals surface area contributed by atoms with E-state index in [4.69, 9.17) is 4.74 Å². The summed E-state index contributed by atoms with van der Waals surface area (Å²) in [6.45, 7) is 4.12. The molecule has 2 atom stereocenters. The third-order valence-electron chi connectivity index (χ3n) is 6.83. The van der Waals surface area contributed by atoms with Gasteiger partial charge in [0.05, 0.1) is 17.9 Å². The molecule has 5 nitrogen and oxygen atoms in total. The second-order valence-electron chi connectivity index (χ2n) is 8.97. The second kappa shape index (κ2) is 10.1. The Balaban J connectivity index is 1.63. The maximum Gasteiger partial charge on any atom is 0.240 e. The Bertz CT molecular complexity index is 1010. The molecule has 1 fully saturated rings. The molecular weight excluding hydrogens is 424 g/mol. The predicted octanol–water partition coefficient (Wildman–Crippen LogP) is 4.71. The van der Waals surface area contributed by atoms with Crippen LogP contribution in [0.25, 0.3) is 0 Å². The minimum Gasteiger partial charge on any atom is -0.383 e. The number of hydrazone groups is 1. The highest BCUT2D eigenvalue weighted by Gasteiger charge is 2.46. The molecular formula is C26H31F2N3O2. The molecule has 2 aliphatic rings. The first-order valence-corrected chi connectivity index (χ1v) is 11.6. The third-order valence-corrected chi connectivity index (χ3v) is 6.83. The van der Waals surface area contributed by atoms with Crippen LogP contribution in [0.1, 0.15) is 50.2 Å². The quantitative estimate of drug-likeness (QED) is 0.579. The third kappa shape index (κ3) is 4.84. The normalized spacial score (nSPS) is 23.2. The van der Waals surface area contributed by atoms with Crippen LogP contribution in [0.4, 0.5) is 8.78 Å². The van der Waals surface area contributed by atoms with Crippen LogP contribution in [0, 0.1) is 11.6 Å². The van der Waals surface area contributed by atoms with Gasteiger partial charge in [0.25, 0.3) is 0 Å². The van der Waals surface area contributed by atoms with Gasteiger partial charge in [0, 0.05) is 32.1 Å². The van der Waals surface area contributed by atoms with Gasteiger partial charge in [0.1, 0.15) is 11.6 Å². The number of rotatable bonds is 8. The highest BCUT2D eigenvalue weighted by molar-refractivity contribution is 6.03. The minimum atomic E-state index is -0.738. The van der Waals surface area contributed by atoms with Crippen LogP contribution in [0.15, 0.2) is 53.6 Å². The molecule has 0 saturated carbocycles. The van der Waals surface area contributed by atoms with Gasteiger partial charge in [-0.1, -0.05) is 30.3 Å². The molecule has 0 radical (unpaired) electrons. The molecule has 2 heterocycles. The molecule has 0 aromatic heterocycles. The SMILES string of the molecule is COC[C@H]1CCCN1CCC[C@@]1(c2ccccc2)CC(c2cc(F)ccc2F)=NN1C(C)=O. The number of hydrogen-bond acceptors (Lipinski definition) is 4. The molecule has 7 heteroatoms. The van der Waals surface area contributed by atoms with E-state index in [0.717, 1.165) is 62.7 Å². The van der Waals surface area contributed by atoms with Gasteiger partial charge in [-0.2, -0.15) is 5.10 Å². The summed E-state index contributed by atoms with van der Waals surface area (Å²) >= 11 is 0. The van der Waals surface area contributed by atoms with Crippen molar-refractivity contribution >= 4 is 11.6 Å². The van der Waals surface area contributed by atoms with Gasteiger partial charge in [-0.15, -0.1) is 0 Å². The number of likely N-dealkylation sites (tertiary alicyclic amines) is 1. The topological polar surface area (TPSA) is 45.1 Å². The van der Waals surface area contributed by atoms with Gasteiger partial charge in [-0.05, 0) is 62.5 Å². The Labute approximate surface area is 194 Å².